The third-order valence-electron chi connectivity index (χ3n) is 3.19. The van der Waals surface area contributed by atoms with Crippen LogP contribution in [0.5, 0.6) is 0 Å². The molecule has 0 saturated carbocycles. The predicted octanol–water partition coefficient (Wildman–Crippen LogP) is 0.984. The molecule has 0 bridgehead atoms. The van der Waals surface area contributed by atoms with E-state index in [1.54, 1.807) is 0 Å². The Hall–Kier alpha value is -0.870. The zero-order chi connectivity index (χ0) is 10.5. The van der Waals surface area contributed by atoms with Crippen molar-refractivity contribution in [1.29, 1.82) is 0 Å². The molecule has 1 aliphatic rings. The molecule has 1 aromatic heterocycles. The first-order valence-corrected chi connectivity index (χ1v) is 5.75. The molecule has 2 heterocycles. The fourth-order valence-corrected chi connectivity index (χ4v) is 2.16. The van der Waals surface area contributed by atoms with Crippen LogP contribution in [-0.2, 0) is 6.54 Å². The molecule has 2 N–H and O–H groups in total. The minimum atomic E-state index is 0.714. The molecule has 1 unspecified atom stereocenters. The van der Waals surface area contributed by atoms with Crippen LogP contribution < -0.4 is 5.32 Å². The second-order valence-electron chi connectivity index (χ2n) is 4.37. The number of nitrogens with zero attached hydrogens (tertiary/aromatic N) is 2. The van der Waals surface area contributed by atoms with Gasteiger partial charge in [0.05, 0.1) is 6.20 Å². The summed E-state index contributed by atoms with van der Waals surface area (Å²) in [7, 11) is 2.23. The second-order valence-corrected chi connectivity index (χ2v) is 4.37. The van der Waals surface area contributed by atoms with Gasteiger partial charge in [0, 0.05) is 30.9 Å². The van der Waals surface area contributed by atoms with Gasteiger partial charge in [-0.1, -0.05) is 6.42 Å². The number of piperidine rings is 1. The highest BCUT2D eigenvalue weighted by molar-refractivity contribution is 5.01. The van der Waals surface area contributed by atoms with Crippen molar-refractivity contribution >= 4 is 0 Å². The molecule has 4 nitrogen and oxygen atoms in total. The van der Waals surface area contributed by atoms with Gasteiger partial charge >= 0.3 is 0 Å². The number of likely N-dealkylation sites (N-methyl/N-ethyl adjacent to an activating group) is 1. The van der Waals surface area contributed by atoms with Gasteiger partial charge in [-0.2, -0.15) is 5.10 Å². The number of aromatic amines is 1. The van der Waals surface area contributed by atoms with Gasteiger partial charge in [-0.3, -0.25) is 5.10 Å². The van der Waals surface area contributed by atoms with E-state index in [1.807, 2.05) is 12.4 Å². The lowest BCUT2D eigenvalue weighted by atomic mass is 10.0. The van der Waals surface area contributed by atoms with E-state index in [2.05, 4.69) is 27.5 Å². The summed E-state index contributed by atoms with van der Waals surface area (Å²) in [5.41, 5.74) is 1.23. The zero-order valence-electron chi connectivity index (χ0n) is 9.37. The van der Waals surface area contributed by atoms with E-state index in [0.29, 0.717) is 6.04 Å². The van der Waals surface area contributed by atoms with E-state index in [1.165, 1.54) is 31.4 Å². The minimum Gasteiger partial charge on any atom is -0.311 e. The van der Waals surface area contributed by atoms with E-state index in [-0.39, 0.29) is 0 Å². The lowest BCUT2D eigenvalue weighted by Crippen LogP contribution is -2.42. The Labute approximate surface area is 91.1 Å². The van der Waals surface area contributed by atoms with Crippen molar-refractivity contribution in [2.75, 3.05) is 20.1 Å². The van der Waals surface area contributed by atoms with Gasteiger partial charge in [-0.05, 0) is 26.4 Å². The molecule has 4 heteroatoms. The van der Waals surface area contributed by atoms with Crippen molar-refractivity contribution in [3.63, 3.8) is 0 Å². The fourth-order valence-electron chi connectivity index (χ4n) is 2.16. The number of aromatic nitrogens is 2. The maximum Gasteiger partial charge on any atom is 0.0532 e. The van der Waals surface area contributed by atoms with Gasteiger partial charge in [0.2, 0.25) is 0 Å². The van der Waals surface area contributed by atoms with Crippen LogP contribution in [0.1, 0.15) is 24.8 Å². The Morgan fingerprint density at radius 3 is 3.27 bits per heavy atom. The monoisotopic (exact) mass is 208 g/mol. The lowest BCUT2D eigenvalue weighted by Gasteiger charge is -2.32. The highest BCUT2D eigenvalue weighted by Crippen LogP contribution is 2.13. The van der Waals surface area contributed by atoms with Gasteiger partial charge in [-0.25, -0.2) is 0 Å². The molecule has 0 radical (unpaired) electrons. The van der Waals surface area contributed by atoms with Crippen molar-refractivity contribution in [1.82, 2.24) is 20.4 Å². The summed E-state index contributed by atoms with van der Waals surface area (Å²) in [5, 5.41) is 10.2. The van der Waals surface area contributed by atoms with Crippen molar-refractivity contribution in [3.8, 4) is 0 Å². The molecule has 15 heavy (non-hydrogen) atoms. The van der Waals surface area contributed by atoms with Gasteiger partial charge < -0.3 is 10.2 Å². The molecule has 2 rings (SSSR count). The van der Waals surface area contributed by atoms with Gasteiger partial charge in [0.1, 0.15) is 0 Å². The van der Waals surface area contributed by atoms with Gasteiger partial charge in [0.15, 0.2) is 0 Å². The first-order chi connectivity index (χ1) is 7.36. The van der Waals surface area contributed by atoms with E-state index < -0.39 is 0 Å². The van der Waals surface area contributed by atoms with Crippen molar-refractivity contribution < 1.29 is 0 Å². The number of likely N-dealkylation sites (tertiary alicyclic amines) is 1. The van der Waals surface area contributed by atoms with Gasteiger partial charge in [-0.15, -0.1) is 0 Å². The number of rotatable bonds is 4. The summed E-state index contributed by atoms with van der Waals surface area (Å²) in [6, 6.07) is 0.714. The Balaban J connectivity index is 1.68. The molecule has 1 fully saturated rings. The third-order valence-corrected chi connectivity index (χ3v) is 3.19. The van der Waals surface area contributed by atoms with E-state index in [4.69, 9.17) is 0 Å². The smallest absolute Gasteiger partial charge is 0.0532 e. The molecule has 1 saturated heterocycles. The molecular formula is C11H20N4. The Kier molecular flexibility index (Phi) is 3.75. The fraction of sp³-hybridized carbons (Fsp3) is 0.727. The first kappa shape index (κ1) is 10.6. The van der Waals surface area contributed by atoms with Crippen LogP contribution in [0.15, 0.2) is 12.4 Å². The average molecular weight is 208 g/mol. The average Bonchev–Trinajstić information content (AvgIpc) is 2.74. The Bertz CT molecular complexity index is 270. The zero-order valence-corrected chi connectivity index (χ0v) is 9.37. The molecule has 0 spiro atoms. The van der Waals surface area contributed by atoms with Crippen LogP contribution in [0, 0.1) is 0 Å². The molecule has 0 amide bonds. The topological polar surface area (TPSA) is 44.0 Å². The van der Waals surface area contributed by atoms with E-state index >= 15 is 0 Å². The normalized spacial score (nSPS) is 23.1. The Morgan fingerprint density at radius 1 is 1.60 bits per heavy atom. The highest BCUT2D eigenvalue weighted by Gasteiger charge is 2.17. The maximum atomic E-state index is 3.93. The standard InChI is InChI=1S/C11H20N4/c1-15-5-3-2-4-11(15)9-12-6-10-7-13-14-8-10/h7-8,11-12H,2-6,9H2,1H3,(H,13,14). The van der Waals surface area contributed by atoms with E-state index in [9.17, 15) is 0 Å². The third kappa shape index (κ3) is 3.04. The molecule has 1 atom stereocenters. The SMILES string of the molecule is CN1CCCCC1CNCc1cn[nH]c1. The number of nitrogens with one attached hydrogen (secondary N) is 2. The molecule has 0 aliphatic carbocycles. The summed E-state index contributed by atoms with van der Waals surface area (Å²) in [4.78, 5) is 2.46. The van der Waals surface area contributed by atoms with Crippen LogP contribution in [0.2, 0.25) is 0 Å². The van der Waals surface area contributed by atoms with E-state index in [0.717, 1.165) is 13.1 Å². The number of hydrogen-bond acceptors (Lipinski definition) is 3. The minimum absolute atomic E-state index is 0.714. The quantitative estimate of drug-likeness (QED) is 0.775. The summed E-state index contributed by atoms with van der Waals surface area (Å²) in [5.74, 6) is 0. The summed E-state index contributed by atoms with van der Waals surface area (Å²) >= 11 is 0. The maximum absolute atomic E-state index is 3.93. The summed E-state index contributed by atoms with van der Waals surface area (Å²) < 4.78 is 0. The summed E-state index contributed by atoms with van der Waals surface area (Å²) in [6.07, 6.45) is 7.88. The van der Waals surface area contributed by atoms with Gasteiger partial charge in [0.25, 0.3) is 0 Å². The molecule has 1 aromatic rings. The van der Waals surface area contributed by atoms with Crippen LogP contribution in [0.3, 0.4) is 0 Å². The highest BCUT2D eigenvalue weighted by atomic mass is 15.2. The number of H-pyrrole nitrogens is 1. The van der Waals surface area contributed by atoms with Crippen LogP contribution in [0.25, 0.3) is 0 Å². The van der Waals surface area contributed by atoms with Crippen molar-refractivity contribution in [2.24, 2.45) is 0 Å². The number of hydrogen-bond donors (Lipinski definition) is 2. The second kappa shape index (κ2) is 5.28. The summed E-state index contributed by atoms with van der Waals surface area (Å²) in [6.45, 7) is 3.25. The Morgan fingerprint density at radius 2 is 2.53 bits per heavy atom. The van der Waals surface area contributed by atoms with Crippen LogP contribution in [-0.4, -0.2) is 41.3 Å². The molecule has 1 aliphatic heterocycles. The van der Waals surface area contributed by atoms with Crippen LogP contribution >= 0.6 is 0 Å². The molecular weight excluding hydrogens is 188 g/mol. The van der Waals surface area contributed by atoms with Crippen molar-refractivity contribution in [3.05, 3.63) is 18.0 Å². The van der Waals surface area contributed by atoms with Crippen LogP contribution in [0.4, 0.5) is 0 Å². The van der Waals surface area contributed by atoms with Crippen molar-refractivity contribution in [2.45, 2.75) is 31.8 Å². The molecule has 84 valence electrons. The molecule has 0 aromatic carbocycles. The largest absolute Gasteiger partial charge is 0.311 e. The first-order valence-electron chi connectivity index (χ1n) is 5.75. The predicted molar refractivity (Wildman–Crippen MR) is 60.6 cm³/mol. The lowest BCUT2D eigenvalue weighted by molar-refractivity contribution is 0.181.